The van der Waals surface area contributed by atoms with Crippen LogP contribution in [-0.2, 0) is 15.7 Å². The predicted molar refractivity (Wildman–Crippen MR) is 136 cm³/mol. The maximum absolute atomic E-state index is 15.2. The fourth-order valence-electron chi connectivity index (χ4n) is 4.79. The van der Waals surface area contributed by atoms with E-state index < -0.39 is 56.3 Å². The van der Waals surface area contributed by atoms with Crippen molar-refractivity contribution < 1.29 is 35.7 Å². The number of fused-ring (bicyclic) bond motifs is 1. The van der Waals surface area contributed by atoms with E-state index in [4.69, 9.17) is 5.73 Å². The van der Waals surface area contributed by atoms with Crippen LogP contribution < -0.4 is 20.5 Å². The zero-order valence-corrected chi connectivity index (χ0v) is 22.2. The molecule has 1 amide bonds. The highest BCUT2D eigenvalue weighted by atomic mass is 32.3. The maximum atomic E-state index is 15.2. The summed E-state index contributed by atoms with van der Waals surface area (Å²) in [6, 6.07) is 4.57. The number of aliphatic imine (C=N–C) groups is 1. The third-order valence-electron chi connectivity index (χ3n) is 7.19. The zero-order chi connectivity index (χ0) is 28.8. The minimum Gasteiger partial charge on any atom is -0.485 e. The molecule has 2 aromatic heterocycles. The molecule has 0 saturated carbocycles. The highest BCUT2D eigenvalue weighted by Crippen LogP contribution is 2.48. The minimum atomic E-state index is -4.34. The van der Waals surface area contributed by atoms with Crippen molar-refractivity contribution in [3.8, 4) is 5.75 Å². The van der Waals surface area contributed by atoms with E-state index in [2.05, 4.69) is 29.7 Å². The van der Waals surface area contributed by atoms with E-state index in [0.29, 0.717) is 19.4 Å². The van der Waals surface area contributed by atoms with Gasteiger partial charge in [-0.1, -0.05) is 0 Å². The molecule has 1 saturated heterocycles. The summed E-state index contributed by atoms with van der Waals surface area (Å²) in [5, 5.41) is 1.88. The van der Waals surface area contributed by atoms with Crippen LogP contribution in [0.15, 0.2) is 35.5 Å². The summed E-state index contributed by atoms with van der Waals surface area (Å²) in [4.78, 5) is 25.4. The fraction of sp³-hybridized carbons (Fsp3) is 0.500. The number of pyridine rings is 2. The first kappa shape index (κ1) is 28.8. The molecule has 39 heavy (non-hydrogen) atoms. The second kappa shape index (κ2) is 10.1. The number of thiol groups is 1. The van der Waals surface area contributed by atoms with Crippen molar-refractivity contribution >= 4 is 27.7 Å². The van der Waals surface area contributed by atoms with Crippen LogP contribution in [0.5, 0.6) is 5.75 Å². The Bertz CT molecular complexity index is 1340. The van der Waals surface area contributed by atoms with Crippen molar-refractivity contribution in [2.45, 2.75) is 61.5 Å². The molecule has 1 fully saturated rings. The number of amides is 1. The number of nitrogens with two attached hydrogens (primary N) is 1. The standard InChI is InChI=1S/C24H29F5N6O3S/c1-22(2)21(30)35-23(3,16-5-4-10-32-39(16,22)37)18-14(25)7-9-17(33-18)34-19(36)15-8-6-13(11-31-15)38-12-24(28,29)20(26)27/h6-9,11,16,20,39H,4-5,10,12H2,1-3H3,(H2,30,35)(H,32,37)(H,33,34,36). The number of halogens is 5. The van der Waals surface area contributed by atoms with Crippen LogP contribution >= 0.6 is 0 Å². The first-order valence-corrected chi connectivity index (χ1v) is 13.8. The van der Waals surface area contributed by atoms with Gasteiger partial charge in [-0.15, -0.1) is 0 Å². The second-order valence-corrected chi connectivity index (χ2v) is 13.5. The summed E-state index contributed by atoms with van der Waals surface area (Å²) in [5.41, 5.74) is 4.56. The van der Waals surface area contributed by atoms with Crippen LogP contribution in [0.2, 0.25) is 0 Å². The molecular weight excluding hydrogens is 547 g/mol. The van der Waals surface area contributed by atoms with Gasteiger partial charge in [-0.3, -0.25) is 18.7 Å². The smallest absolute Gasteiger partial charge is 0.340 e. The Balaban J connectivity index is 1.57. The number of nitrogens with one attached hydrogen (secondary N) is 2. The van der Waals surface area contributed by atoms with E-state index in [1.54, 1.807) is 20.8 Å². The molecule has 2 aromatic rings. The van der Waals surface area contributed by atoms with Gasteiger partial charge in [0.15, 0.2) is 6.61 Å². The SMILES string of the molecule is CC1(c2nc(NC(=O)c3ccc(OCC(F)(F)C(F)F)cn3)ccc2F)N=C(N)C(C)(C)[SH]2(=O)NCCCC12. The molecule has 4 heterocycles. The normalized spacial score (nSPS) is 24.8. The average molecular weight is 577 g/mol. The van der Waals surface area contributed by atoms with Crippen LogP contribution in [0, 0.1) is 5.82 Å². The molecule has 4 rings (SSSR count). The zero-order valence-electron chi connectivity index (χ0n) is 21.4. The molecule has 4 N–H and O–H groups in total. The number of aromatic nitrogens is 2. The molecule has 9 nitrogen and oxygen atoms in total. The average Bonchev–Trinajstić information content (AvgIpc) is 2.88. The third-order valence-corrected chi connectivity index (χ3v) is 11.4. The van der Waals surface area contributed by atoms with Crippen LogP contribution in [0.25, 0.3) is 0 Å². The summed E-state index contributed by atoms with van der Waals surface area (Å²) in [7, 11) is -3.21. The number of hydrogen-bond donors (Lipinski definition) is 4. The van der Waals surface area contributed by atoms with Gasteiger partial charge >= 0.3 is 12.3 Å². The maximum Gasteiger partial charge on any atom is 0.340 e. The van der Waals surface area contributed by atoms with E-state index in [9.17, 15) is 26.6 Å². The molecule has 0 aliphatic carbocycles. The molecule has 0 bridgehead atoms. The number of anilines is 1. The summed E-state index contributed by atoms with van der Waals surface area (Å²) in [6.07, 6.45) is -1.77. The highest BCUT2D eigenvalue weighted by molar-refractivity contribution is 8.04. The summed E-state index contributed by atoms with van der Waals surface area (Å²) >= 11 is 0. The topological polar surface area (TPSA) is 132 Å². The molecule has 0 spiro atoms. The minimum absolute atomic E-state index is 0.0477. The number of hydrogen-bond acceptors (Lipinski definition) is 7. The Morgan fingerprint density at radius 1 is 1.28 bits per heavy atom. The monoisotopic (exact) mass is 576 g/mol. The van der Waals surface area contributed by atoms with Gasteiger partial charge in [0.2, 0.25) is 0 Å². The van der Waals surface area contributed by atoms with Gasteiger partial charge in [-0.05, 0) is 68.0 Å². The number of alkyl halides is 4. The molecule has 214 valence electrons. The largest absolute Gasteiger partial charge is 0.485 e. The van der Waals surface area contributed by atoms with Gasteiger partial charge in [-0.2, -0.15) is 8.78 Å². The molecule has 0 aromatic carbocycles. The van der Waals surface area contributed by atoms with E-state index in [-0.39, 0.29) is 28.8 Å². The molecular formula is C24H29F5N6O3S. The Labute approximate surface area is 222 Å². The predicted octanol–water partition coefficient (Wildman–Crippen LogP) is 3.20. The van der Waals surface area contributed by atoms with E-state index >= 15 is 4.39 Å². The van der Waals surface area contributed by atoms with Crippen molar-refractivity contribution in [1.29, 1.82) is 0 Å². The highest BCUT2D eigenvalue weighted by Gasteiger charge is 2.57. The van der Waals surface area contributed by atoms with E-state index in [0.717, 1.165) is 24.4 Å². The molecule has 2 unspecified atom stereocenters. The van der Waals surface area contributed by atoms with Crippen molar-refractivity contribution in [2.75, 3.05) is 18.5 Å². The van der Waals surface area contributed by atoms with Crippen molar-refractivity contribution in [1.82, 2.24) is 14.7 Å². The van der Waals surface area contributed by atoms with Gasteiger partial charge in [0.1, 0.15) is 40.1 Å². The number of ether oxygens (including phenoxy) is 1. The summed E-state index contributed by atoms with van der Waals surface area (Å²) in [6.45, 7) is 4.07. The molecule has 2 aliphatic heterocycles. The van der Waals surface area contributed by atoms with Crippen molar-refractivity contribution in [3.05, 3.63) is 47.7 Å². The van der Waals surface area contributed by atoms with Crippen LogP contribution in [0.4, 0.5) is 27.8 Å². The van der Waals surface area contributed by atoms with Crippen molar-refractivity contribution in [3.63, 3.8) is 0 Å². The lowest BCUT2D eigenvalue weighted by atomic mass is 9.89. The fourth-order valence-corrected chi connectivity index (χ4v) is 8.50. The van der Waals surface area contributed by atoms with Gasteiger partial charge in [0.25, 0.3) is 5.91 Å². The Kier molecular flexibility index (Phi) is 7.44. The number of amidine groups is 1. The Morgan fingerprint density at radius 3 is 2.64 bits per heavy atom. The Hall–Kier alpha value is -3.20. The first-order valence-electron chi connectivity index (χ1n) is 12.1. The molecule has 2 aliphatic rings. The third kappa shape index (κ3) is 5.09. The molecule has 0 radical (unpaired) electrons. The van der Waals surface area contributed by atoms with E-state index in [1.807, 2.05) is 0 Å². The lowest BCUT2D eigenvalue weighted by Gasteiger charge is -2.55. The van der Waals surface area contributed by atoms with E-state index in [1.165, 1.54) is 6.07 Å². The molecule has 15 heteroatoms. The number of carbonyl (C=O) groups is 1. The quantitative estimate of drug-likeness (QED) is 0.296. The number of carbonyl (C=O) groups excluding carboxylic acids is 1. The van der Waals surface area contributed by atoms with Gasteiger partial charge < -0.3 is 15.8 Å². The first-order chi connectivity index (χ1) is 18.1. The number of rotatable bonds is 7. The van der Waals surface area contributed by atoms with Crippen LogP contribution in [0.1, 0.15) is 49.8 Å². The summed E-state index contributed by atoms with van der Waals surface area (Å²) < 4.78 is 86.9. The van der Waals surface area contributed by atoms with Gasteiger partial charge in [0.05, 0.1) is 16.2 Å². The lowest BCUT2D eigenvalue weighted by Crippen LogP contribution is -2.69. The van der Waals surface area contributed by atoms with Crippen LogP contribution in [-0.4, -0.2) is 61.4 Å². The lowest BCUT2D eigenvalue weighted by molar-refractivity contribution is -0.148. The Morgan fingerprint density at radius 2 is 2.00 bits per heavy atom. The van der Waals surface area contributed by atoms with Gasteiger partial charge in [0, 0.05) is 6.54 Å². The summed E-state index contributed by atoms with van der Waals surface area (Å²) in [5.74, 6) is -6.02. The molecule has 2 atom stereocenters. The second-order valence-electron chi connectivity index (χ2n) is 10.1. The number of nitrogens with zero attached hydrogens (tertiary/aromatic N) is 3. The van der Waals surface area contributed by atoms with Crippen molar-refractivity contribution in [2.24, 2.45) is 10.7 Å². The van der Waals surface area contributed by atoms with Gasteiger partial charge in [-0.25, -0.2) is 23.1 Å². The van der Waals surface area contributed by atoms with Crippen LogP contribution in [0.3, 0.4) is 0 Å².